The van der Waals surface area contributed by atoms with E-state index in [1.807, 2.05) is 99.6 Å². The number of fused-ring (bicyclic) bond motifs is 1. The molecule has 0 bridgehead atoms. The third-order valence-corrected chi connectivity index (χ3v) is 12.6. The van der Waals surface area contributed by atoms with Crippen LogP contribution in [0.4, 0.5) is 4.79 Å². The fourth-order valence-corrected chi connectivity index (χ4v) is 9.28. The normalized spacial score (nSPS) is 21.1. The largest absolute Gasteiger partial charge is 0.497 e. The van der Waals surface area contributed by atoms with Crippen molar-refractivity contribution in [1.82, 2.24) is 30.6 Å². The van der Waals surface area contributed by atoms with Gasteiger partial charge in [0.25, 0.3) is 0 Å². The van der Waals surface area contributed by atoms with Crippen LogP contribution in [0.5, 0.6) is 11.5 Å². The van der Waals surface area contributed by atoms with Crippen molar-refractivity contribution in [2.75, 3.05) is 30.9 Å². The number of benzene rings is 3. The quantitative estimate of drug-likeness (QED) is 0.0766. The van der Waals surface area contributed by atoms with Gasteiger partial charge in [0.1, 0.15) is 29.7 Å². The number of sulfonamides is 1. The second kappa shape index (κ2) is 18.4. The first kappa shape index (κ1) is 44.6. The fraction of sp³-hybridized carbons (Fsp3) is 0.409. The molecule has 320 valence electrons. The van der Waals surface area contributed by atoms with E-state index in [-0.39, 0.29) is 31.1 Å². The average Bonchev–Trinajstić information content (AvgIpc) is 3.76. The van der Waals surface area contributed by atoms with Gasteiger partial charge in [0, 0.05) is 52.6 Å². The van der Waals surface area contributed by atoms with Crippen LogP contribution in [0.2, 0.25) is 0 Å². The highest BCUT2D eigenvalue weighted by molar-refractivity contribution is 14.1. The first-order valence-corrected chi connectivity index (χ1v) is 23.2. The van der Waals surface area contributed by atoms with Crippen LogP contribution in [0.25, 0.3) is 22.2 Å². The zero-order chi connectivity index (χ0) is 43.4. The maximum absolute atomic E-state index is 14.5. The summed E-state index contributed by atoms with van der Waals surface area (Å²) in [7, 11) is -2.12. The predicted octanol–water partition coefficient (Wildman–Crippen LogP) is 4.95. The number of aliphatic hydroxyl groups excluding tert-OH is 1. The summed E-state index contributed by atoms with van der Waals surface area (Å²) in [6.07, 6.45) is 0.338. The number of nitrogens with zero attached hydrogens (tertiary/aromatic N) is 2. The number of ether oxygens (including phenoxy) is 2. The van der Waals surface area contributed by atoms with Crippen molar-refractivity contribution in [3.8, 4) is 22.8 Å². The van der Waals surface area contributed by atoms with E-state index in [4.69, 9.17) is 14.5 Å². The second-order valence-electron chi connectivity index (χ2n) is 16.6. The number of rotatable bonds is 16. The summed E-state index contributed by atoms with van der Waals surface area (Å²) in [5.74, 6) is -0.00525. The molecule has 0 spiro atoms. The highest BCUT2D eigenvalue weighted by Gasteiger charge is 2.58. The molecular weight excluding hydrogens is 899 g/mol. The lowest BCUT2D eigenvalue weighted by atomic mass is 9.86. The Morgan fingerprint density at radius 3 is 2.35 bits per heavy atom. The van der Waals surface area contributed by atoms with Crippen molar-refractivity contribution in [3.63, 3.8) is 0 Å². The van der Waals surface area contributed by atoms with Gasteiger partial charge < -0.3 is 35.4 Å². The van der Waals surface area contributed by atoms with Crippen LogP contribution in [-0.2, 0) is 26.0 Å². The number of aromatic nitrogens is 1. The predicted molar refractivity (Wildman–Crippen MR) is 239 cm³/mol. The van der Waals surface area contributed by atoms with Crippen LogP contribution in [0.3, 0.4) is 0 Å². The number of urea groups is 1. The summed E-state index contributed by atoms with van der Waals surface area (Å²) < 4.78 is 39.8. The van der Waals surface area contributed by atoms with E-state index in [0.717, 1.165) is 17.4 Å². The van der Waals surface area contributed by atoms with E-state index in [2.05, 4.69) is 49.8 Å². The minimum Gasteiger partial charge on any atom is -0.497 e. The van der Waals surface area contributed by atoms with Crippen molar-refractivity contribution < 1.29 is 37.4 Å². The number of carbonyl (C=O) groups is 3. The van der Waals surface area contributed by atoms with Crippen LogP contribution in [0.1, 0.15) is 39.2 Å². The smallest absolute Gasteiger partial charge is 0.318 e. The number of pyridine rings is 1. The molecule has 6 atom stereocenters. The molecule has 2 fully saturated rings. The van der Waals surface area contributed by atoms with Crippen molar-refractivity contribution in [2.45, 2.75) is 69.9 Å². The third kappa shape index (κ3) is 10.7. The molecule has 3 aromatic carbocycles. The molecule has 16 heteroatoms. The molecule has 2 aliphatic rings. The van der Waals surface area contributed by atoms with Crippen molar-refractivity contribution in [1.29, 1.82) is 0 Å². The summed E-state index contributed by atoms with van der Waals surface area (Å²) in [5, 5.41) is 20.2. The third-order valence-electron chi connectivity index (χ3n) is 10.9. The minimum absolute atomic E-state index is 0.0237. The van der Waals surface area contributed by atoms with Crippen LogP contribution < -0.4 is 30.1 Å². The van der Waals surface area contributed by atoms with Crippen LogP contribution in [0, 0.1) is 11.3 Å². The van der Waals surface area contributed by atoms with Crippen LogP contribution in [-0.4, -0.2) is 102 Å². The first-order valence-electron chi connectivity index (χ1n) is 19.7. The van der Waals surface area contributed by atoms with Gasteiger partial charge in [-0.15, -0.1) is 0 Å². The monoisotopic (exact) mass is 952 g/mol. The minimum atomic E-state index is -3.69. The van der Waals surface area contributed by atoms with E-state index < -0.39 is 63.1 Å². The Balaban J connectivity index is 1.28. The molecule has 0 radical (unpaired) electrons. The maximum Gasteiger partial charge on any atom is 0.318 e. The Hall–Kier alpha value is -4.94. The highest BCUT2D eigenvalue weighted by atomic mass is 127. The molecule has 1 aromatic heterocycles. The fourth-order valence-electron chi connectivity index (χ4n) is 7.59. The molecular formula is C44H53IN6O8S. The van der Waals surface area contributed by atoms with Crippen molar-refractivity contribution in [2.24, 2.45) is 11.3 Å². The van der Waals surface area contributed by atoms with Gasteiger partial charge in [0.15, 0.2) is 0 Å². The van der Waals surface area contributed by atoms with Crippen LogP contribution >= 0.6 is 22.6 Å². The van der Waals surface area contributed by atoms with E-state index >= 15 is 0 Å². The number of halogens is 1. The Morgan fingerprint density at radius 1 is 1.05 bits per heavy atom. The summed E-state index contributed by atoms with van der Waals surface area (Å²) in [6.45, 7) is 9.36. The highest BCUT2D eigenvalue weighted by Crippen LogP contribution is 2.49. The van der Waals surface area contributed by atoms with Gasteiger partial charge in [-0.25, -0.2) is 18.2 Å². The standard InChI is InChI=1S/C44H53IN6O8S/c1-27(50-60(6,56)57)44(23-30(44)24-45)49-40(53)37-21-33(59-38-22-35(29-15-11-8-12-16-29)47-36-20-32(58-5)17-18-34(36)38)26-51(37)42(55)48-39(43(2,3)4)41(54)46-25-31(52)19-28-13-9-7-10-14-28/h7-18,20,22,30-31,33,37,39,50,52H,1,19,21,23-26H2,2-6H3,(H,46,54)(H,48,55)(H,49,53)/t30-,31-,33?,37+,39-,44+/m1/s1. The van der Waals surface area contributed by atoms with Gasteiger partial charge in [-0.2, -0.15) is 0 Å². The number of likely N-dealkylation sites (tertiary alicyclic amines) is 1. The molecule has 4 amide bonds. The Kier molecular flexibility index (Phi) is 13.6. The lowest BCUT2D eigenvalue weighted by Crippen LogP contribution is -2.59. The molecule has 1 aliphatic carbocycles. The topological polar surface area (TPSA) is 188 Å². The van der Waals surface area contributed by atoms with Gasteiger partial charge in [0.2, 0.25) is 21.8 Å². The number of carbonyl (C=O) groups excluding carboxylic acids is 3. The zero-order valence-corrected chi connectivity index (χ0v) is 37.4. The van der Waals surface area contributed by atoms with Gasteiger partial charge in [-0.1, -0.05) is 111 Å². The summed E-state index contributed by atoms with van der Waals surface area (Å²) >= 11 is 2.19. The van der Waals surface area contributed by atoms with Crippen molar-refractivity contribution in [3.05, 3.63) is 103 Å². The van der Waals surface area contributed by atoms with Gasteiger partial charge in [0.05, 0.1) is 42.8 Å². The van der Waals surface area contributed by atoms with Crippen molar-refractivity contribution >= 4 is 61.4 Å². The number of hydrogen-bond donors (Lipinski definition) is 5. The summed E-state index contributed by atoms with van der Waals surface area (Å²) in [4.78, 5) is 48.9. The molecule has 1 saturated carbocycles. The van der Waals surface area contributed by atoms with Gasteiger partial charge in [-0.05, 0) is 35.4 Å². The number of amides is 4. The lowest BCUT2D eigenvalue weighted by Gasteiger charge is -2.34. The van der Waals surface area contributed by atoms with E-state index in [0.29, 0.717) is 45.4 Å². The van der Waals surface area contributed by atoms with E-state index in [1.54, 1.807) is 13.2 Å². The summed E-state index contributed by atoms with van der Waals surface area (Å²) in [6, 6.07) is 23.5. The van der Waals surface area contributed by atoms with E-state index in [1.165, 1.54) is 4.90 Å². The molecule has 1 unspecified atom stereocenters. The molecule has 14 nitrogen and oxygen atoms in total. The number of aliphatic hydroxyl groups is 1. The number of nitrogens with one attached hydrogen (secondary N) is 4. The maximum atomic E-state index is 14.5. The molecule has 2 heterocycles. The molecule has 1 saturated heterocycles. The molecule has 5 N–H and O–H groups in total. The number of hydrogen-bond acceptors (Lipinski definition) is 9. The Labute approximate surface area is 365 Å². The second-order valence-corrected chi connectivity index (χ2v) is 19.2. The molecule has 1 aliphatic heterocycles. The summed E-state index contributed by atoms with van der Waals surface area (Å²) in [5.41, 5.74) is 1.37. The average molecular weight is 953 g/mol. The Bertz CT molecular complexity index is 2330. The van der Waals surface area contributed by atoms with E-state index in [9.17, 15) is 27.9 Å². The van der Waals surface area contributed by atoms with Crippen LogP contribution in [0.15, 0.2) is 97.2 Å². The molecule has 60 heavy (non-hydrogen) atoms. The SMILES string of the molecule is C=C(NS(C)(=O)=O)[C@@]1(NC(=O)[C@@H]2CC(Oc3cc(-c4ccccc4)nc4cc(OC)ccc34)CN2C(=O)N[C@H](C(=O)NC[C@H](O)Cc2ccccc2)C(C)(C)C)C[C@@H]1CI. The number of alkyl halides is 1. The Morgan fingerprint density at radius 2 is 1.73 bits per heavy atom. The first-order chi connectivity index (χ1) is 28.4. The zero-order valence-electron chi connectivity index (χ0n) is 34.4. The molecule has 4 aromatic rings. The van der Waals surface area contributed by atoms with Gasteiger partial charge in [-0.3, -0.25) is 14.3 Å². The van der Waals surface area contributed by atoms with Gasteiger partial charge >= 0.3 is 6.03 Å². The lowest BCUT2D eigenvalue weighted by molar-refractivity contribution is -0.125. The molecule has 6 rings (SSSR count). The number of methoxy groups -OCH3 is 1.